The molecule has 1 aliphatic rings. The van der Waals surface area contributed by atoms with Crippen molar-refractivity contribution in [1.82, 2.24) is 4.90 Å². The predicted octanol–water partition coefficient (Wildman–Crippen LogP) is 5.88. The Kier molecular flexibility index (Phi) is 7.40. The molecule has 0 aliphatic carbocycles. The lowest BCUT2D eigenvalue weighted by Crippen LogP contribution is -2.49. The van der Waals surface area contributed by atoms with Gasteiger partial charge in [-0.05, 0) is 36.2 Å². The lowest BCUT2D eigenvalue weighted by atomic mass is 10.1. The van der Waals surface area contributed by atoms with E-state index in [2.05, 4.69) is 15.9 Å². The molecule has 0 saturated carbocycles. The fourth-order valence-electron chi connectivity index (χ4n) is 3.90. The molecule has 0 N–H and O–H groups in total. The topological polar surface area (TPSA) is 51.2 Å². The predicted molar refractivity (Wildman–Crippen MR) is 132 cm³/mol. The normalized spacial score (nSPS) is 13.7. The molecule has 6 nitrogen and oxygen atoms in total. The second kappa shape index (κ2) is 10.6. The summed E-state index contributed by atoms with van der Waals surface area (Å²) in [6.45, 7) is 2.25. The zero-order valence-corrected chi connectivity index (χ0v) is 20.4. The van der Waals surface area contributed by atoms with E-state index < -0.39 is 0 Å². The van der Waals surface area contributed by atoms with Crippen LogP contribution in [-0.4, -0.2) is 38.2 Å². The van der Waals surface area contributed by atoms with Crippen LogP contribution in [0.4, 0.5) is 10.5 Å². The highest BCUT2D eigenvalue weighted by molar-refractivity contribution is 9.10. The first kappa shape index (κ1) is 23.0. The Hall–Kier alpha value is -3.19. The van der Waals surface area contributed by atoms with E-state index >= 15 is 0 Å². The molecule has 2 amide bonds. The summed E-state index contributed by atoms with van der Waals surface area (Å²) in [5.41, 5.74) is 2.82. The highest BCUT2D eigenvalue weighted by atomic mass is 79.9. The van der Waals surface area contributed by atoms with Gasteiger partial charge in [0.1, 0.15) is 12.4 Å². The zero-order valence-electron chi connectivity index (χ0n) is 18.8. The van der Waals surface area contributed by atoms with Crippen molar-refractivity contribution in [1.29, 1.82) is 0 Å². The van der Waals surface area contributed by atoms with Gasteiger partial charge in [-0.1, -0.05) is 52.3 Å². The molecule has 4 rings (SSSR count). The van der Waals surface area contributed by atoms with E-state index in [0.29, 0.717) is 37.7 Å². The first-order valence-corrected chi connectivity index (χ1v) is 11.6. The number of anilines is 1. The minimum absolute atomic E-state index is 0.0367. The number of ether oxygens (including phenoxy) is 3. The maximum Gasteiger partial charge on any atom is 0.324 e. The summed E-state index contributed by atoms with van der Waals surface area (Å²) >= 11 is 3.47. The number of carbonyl (C=O) groups is 1. The molecule has 0 aromatic heterocycles. The van der Waals surface area contributed by atoms with Gasteiger partial charge in [-0.25, -0.2) is 4.79 Å². The number of nitrogens with zero attached hydrogens (tertiary/aromatic N) is 2. The number of carbonyl (C=O) groups excluding carboxylic acids is 1. The maximum atomic E-state index is 13.4. The summed E-state index contributed by atoms with van der Waals surface area (Å²) < 4.78 is 18.0. The van der Waals surface area contributed by atoms with E-state index in [0.717, 1.165) is 33.5 Å². The number of hydrogen-bond donors (Lipinski definition) is 0. The Bertz CT molecular complexity index is 1110. The van der Waals surface area contributed by atoms with Gasteiger partial charge in [0.05, 0.1) is 20.8 Å². The molecule has 0 radical (unpaired) electrons. The molecular weight excluding hydrogens is 484 g/mol. The van der Waals surface area contributed by atoms with Crippen molar-refractivity contribution in [2.45, 2.75) is 19.6 Å². The molecule has 1 saturated heterocycles. The minimum atomic E-state index is -0.0367. The monoisotopic (exact) mass is 510 g/mol. The summed E-state index contributed by atoms with van der Waals surface area (Å²) in [4.78, 5) is 17.0. The van der Waals surface area contributed by atoms with Gasteiger partial charge < -0.3 is 19.1 Å². The maximum absolute atomic E-state index is 13.4. The van der Waals surface area contributed by atoms with Crippen LogP contribution in [0.5, 0.6) is 17.2 Å². The second-order valence-corrected chi connectivity index (χ2v) is 8.69. The number of benzene rings is 3. The van der Waals surface area contributed by atoms with Crippen molar-refractivity contribution < 1.29 is 19.0 Å². The summed E-state index contributed by atoms with van der Waals surface area (Å²) in [5, 5.41) is 0. The Morgan fingerprint density at radius 2 is 1.67 bits per heavy atom. The smallest absolute Gasteiger partial charge is 0.324 e. The number of rotatable bonds is 8. The van der Waals surface area contributed by atoms with Gasteiger partial charge in [0.25, 0.3) is 0 Å². The first-order chi connectivity index (χ1) is 16.1. The lowest BCUT2D eigenvalue weighted by molar-refractivity contribution is 0.191. The van der Waals surface area contributed by atoms with Crippen molar-refractivity contribution in [2.75, 3.05) is 32.2 Å². The molecule has 7 heteroatoms. The van der Waals surface area contributed by atoms with Gasteiger partial charge in [-0.3, -0.25) is 4.90 Å². The summed E-state index contributed by atoms with van der Waals surface area (Å²) in [6.07, 6.45) is 0.872. The minimum Gasteiger partial charge on any atom is -0.496 e. The van der Waals surface area contributed by atoms with E-state index in [9.17, 15) is 4.79 Å². The van der Waals surface area contributed by atoms with Crippen LogP contribution in [0.25, 0.3) is 0 Å². The third kappa shape index (κ3) is 5.42. The quantitative estimate of drug-likeness (QED) is 0.379. The molecule has 172 valence electrons. The molecule has 0 atom stereocenters. The fraction of sp³-hybridized carbons (Fsp3) is 0.269. The van der Waals surface area contributed by atoms with Gasteiger partial charge in [0.2, 0.25) is 0 Å². The largest absolute Gasteiger partial charge is 0.496 e. The van der Waals surface area contributed by atoms with Crippen LogP contribution in [0.1, 0.15) is 17.5 Å². The third-order valence-electron chi connectivity index (χ3n) is 5.62. The molecule has 1 fully saturated rings. The molecule has 1 aliphatic heterocycles. The van der Waals surface area contributed by atoms with Crippen LogP contribution < -0.4 is 19.1 Å². The zero-order chi connectivity index (χ0) is 23.2. The number of halogens is 1. The standard InChI is InChI=1S/C26H27BrN2O4/c1-31-23-12-11-22(16-25(23)33-18-19-7-4-3-5-8-19)29-14-6-13-28(26(29)30)17-20-9-10-21(27)15-24(20)32-2/h3-5,7-12,15-16H,6,13-14,17-18H2,1-2H3. The molecule has 0 unspecified atom stereocenters. The Balaban J connectivity index is 1.52. The number of hydrogen-bond acceptors (Lipinski definition) is 4. The average Bonchev–Trinajstić information content (AvgIpc) is 2.85. The van der Waals surface area contributed by atoms with E-state index in [4.69, 9.17) is 14.2 Å². The van der Waals surface area contributed by atoms with Gasteiger partial charge in [-0.2, -0.15) is 0 Å². The number of amides is 2. The Morgan fingerprint density at radius 3 is 2.42 bits per heavy atom. The number of methoxy groups -OCH3 is 2. The van der Waals surface area contributed by atoms with Crippen LogP contribution in [0.15, 0.2) is 71.2 Å². The summed E-state index contributed by atoms with van der Waals surface area (Å²) in [7, 11) is 3.26. The van der Waals surface area contributed by atoms with Crippen molar-refractivity contribution >= 4 is 27.6 Å². The van der Waals surface area contributed by atoms with Crippen molar-refractivity contribution in [3.8, 4) is 17.2 Å². The van der Waals surface area contributed by atoms with E-state index in [1.165, 1.54) is 0 Å². The van der Waals surface area contributed by atoms with Crippen molar-refractivity contribution in [3.63, 3.8) is 0 Å². The van der Waals surface area contributed by atoms with Crippen LogP contribution in [0.3, 0.4) is 0 Å². The van der Waals surface area contributed by atoms with Gasteiger partial charge in [0.15, 0.2) is 11.5 Å². The van der Waals surface area contributed by atoms with E-state index in [1.54, 1.807) is 19.1 Å². The van der Waals surface area contributed by atoms with E-state index in [-0.39, 0.29) is 6.03 Å². The van der Waals surface area contributed by atoms with Crippen LogP contribution in [-0.2, 0) is 13.2 Å². The van der Waals surface area contributed by atoms with Crippen LogP contribution >= 0.6 is 15.9 Å². The Labute approximate surface area is 202 Å². The van der Waals surface area contributed by atoms with E-state index in [1.807, 2.05) is 71.6 Å². The highest BCUT2D eigenvalue weighted by Crippen LogP contribution is 2.34. The second-order valence-electron chi connectivity index (χ2n) is 7.77. The molecule has 3 aromatic rings. The van der Waals surface area contributed by atoms with Crippen LogP contribution in [0.2, 0.25) is 0 Å². The molecule has 1 heterocycles. The van der Waals surface area contributed by atoms with Gasteiger partial charge in [-0.15, -0.1) is 0 Å². The van der Waals surface area contributed by atoms with Gasteiger partial charge >= 0.3 is 6.03 Å². The first-order valence-electron chi connectivity index (χ1n) is 10.8. The molecule has 33 heavy (non-hydrogen) atoms. The fourth-order valence-corrected chi connectivity index (χ4v) is 4.24. The lowest BCUT2D eigenvalue weighted by Gasteiger charge is -2.36. The summed E-state index contributed by atoms with van der Waals surface area (Å²) in [6, 6.07) is 21.4. The molecule has 3 aromatic carbocycles. The SMILES string of the molecule is COc1cc(Br)ccc1CN1CCCN(c2ccc(OC)c(OCc3ccccc3)c2)C1=O. The van der Waals surface area contributed by atoms with Gasteiger partial charge in [0, 0.05) is 34.9 Å². The summed E-state index contributed by atoms with van der Waals surface area (Å²) in [5.74, 6) is 2.00. The molecule has 0 spiro atoms. The van der Waals surface area contributed by atoms with Crippen molar-refractivity contribution in [3.05, 3.63) is 82.3 Å². The molecule has 0 bridgehead atoms. The average molecular weight is 511 g/mol. The van der Waals surface area contributed by atoms with Crippen LogP contribution in [0, 0.1) is 0 Å². The molecular formula is C26H27BrN2O4. The van der Waals surface area contributed by atoms with Crippen molar-refractivity contribution in [2.24, 2.45) is 0 Å². The highest BCUT2D eigenvalue weighted by Gasteiger charge is 2.28. The number of urea groups is 1. The Morgan fingerprint density at radius 1 is 0.879 bits per heavy atom. The third-order valence-corrected chi connectivity index (χ3v) is 6.11.